The topological polar surface area (TPSA) is 117 Å². The molecule has 170 valence electrons. The lowest BCUT2D eigenvalue weighted by Gasteiger charge is -2.09. The van der Waals surface area contributed by atoms with Gasteiger partial charge >= 0.3 is 5.97 Å². The van der Waals surface area contributed by atoms with Crippen molar-refractivity contribution in [1.82, 2.24) is 9.71 Å². The average Bonchev–Trinajstić information content (AvgIpc) is 3.47. The lowest BCUT2D eigenvalue weighted by Crippen LogP contribution is -2.25. The Balaban J connectivity index is 1.57. The monoisotopic (exact) mass is 465 g/mol. The molecule has 0 saturated heterocycles. The van der Waals surface area contributed by atoms with E-state index in [1.54, 1.807) is 43.6 Å². The number of aromatic nitrogens is 2. The van der Waals surface area contributed by atoms with E-state index in [1.165, 1.54) is 16.9 Å². The van der Waals surface area contributed by atoms with E-state index >= 15 is 0 Å². The Bertz CT molecular complexity index is 1330. The van der Waals surface area contributed by atoms with Gasteiger partial charge in [-0.15, -0.1) is 0 Å². The summed E-state index contributed by atoms with van der Waals surface area (Å²) in [5.41, 5.74) is 2.16. The van der Waals surface area contributed by atoms with Gasteiger partial charge in [0.1, 0.15) is 5.69 Å². The number of sulfonamides is 1. The molecule has 2 N–H and O–H groups in total. The van der Waals surface area contributed by atoms with E-state index in [1.807, 2.05) is 30.3 Å². The summed E-state index contributed by atoms with van der Waals surface area (Å²) in [5, 5.41) is 5.20. The third-order valence-corrected chi connectivity index (χ3v) is 6.06. The van der Waals surface area contributed by atoms with E-state index < -0.39 is 10.0 Å². The summed E-state index contributed by atoms with van der Waals surface area (Å²) in [4.78, 5) is 22.3. The highest BCUT2D eigenvalue weighted by Gasteiger charge is 2.21. The predicted octanol–water partition coefficient (Wildman–Crippen LogP) is 3.68. The normalized spacial score (nSPS) is 12.4. The fourth-order valence-corrected chi connectivity index (χ4v) is 3.80. The first kappa shape index (κ1) is 22.5. The molecule has 0 fully saturated rings. The summed E-state index contributed by atoms with van der Waals surface area (Å²) < 4.78 is 30.6. The molecule has 0 radical (unpaired) electrons. The van der Waals surface area contributed by atoms with Gasteiger partial charge < -0.3 is 9.25 Å². The molecule has 2 aromatic carbocycles. The van der Waals surface area contributed by atoms with Crippen LogP contribution in [0.4, 0.5) is 0 Å². The summed E-state index contributed by atoms with van der Waals surface area (Å²) >= 11 is 0. The maximum atomic E-state index is 12.3. The summed E-state index contributed by atoms with van der Waals surface area (Å²) in [6.07, 6.45) is 4.21. The molecule has 4 rings (SSSR count). The molecular formula is C24H23N3O5S. The molecule has 0 saturated carbocycles. The van der Waals surface area contributed by atoms with Gasteiger partial charge in [-0.2, -0.15) is 4.73 Å². The fraction of sp³-hybridized carbons (Fsp3) is 0.167. The van der Waals surface area contributed by atoms with Crippen LogP contribution in [-0.2, 0) is 21.2 Å². The summed E-state index contributed by atoms with van der Waals surface area (Å²) in [6.45, 7) is 1.79. The first-order chi connectivity index (χ1) is 15.8. The van der Waals surface area contributed by atoms with Crippen molar-refractivity contribution in [3.8, 4) is 22.6 Å². The molecule has 2 aromatic heterocycles. The first-order valence-corrected chi connectivity index (χ1v) is 11.9. The number of aryl methyl sites for hydroxylation is 1. The SMILES string of the molecule is C[C@@H](CCc1nc(-c2ccccc2)c(-c2ccc(S(N)(=O)=O)cc2)o1)C(=O)On1cccc1. The summed E-state index contributed by atoms with van der Waals surface area (Å²) in [5.74, 6) is 0.275. The minimum absolute atomic E-state index is 0.0160. The zero-order valence-corrected chi connectivity index (χ0v) is 18.7. The van der Waals surface area contributed by atoms with Crippen molar-refractivity contribution in [1.29, 1.82) is 0 Å². The Kier molecular flexibility index (Phi) is 6.43. The Labute approximate surface area is 191 Å². The van der Waals surface area contributed by atoms with Gasteiger partial charge in [0.2, 0.25) is 10.0 Å². The van der Waals surface area contributed by atoms with Crippen LogP contribution in [0.5, 0.6) is 0 Å². The largest absolute Gasteiger partial charge is 0.440 e. The second-order valence-corrected chi connectivity index (χ2v) is 9.18. The van der Waals surface area contributed by atoms with Crippen LogP contribution >= 0.6 is 0 Å². The Morgan fingerprint density at radius 2 is 1.70 bits per heavy atom. The van der Waals surface area contributed by atoms with Gasteiger partial charge in [-0.05, 0) is 42.8 Å². The van der Waals surface area contributed by atoms with E-state index in [2.05, 4.69) is 4.98 Å². The fourth-order valence-electron chi connectivity index (χ4n) is 3.29. The zero-order chi connectivity index (χ0) is 23.4. The van der Waals surface area contributed by atoms with Crippen LogP contribution in [0.3, 0.4) is 0 Å². The quantitative estimate of drug-likeness (QED) is 0.424. The van der Waals surface area contributed by atoms with Crippen molar-refractivity contribution in [2.45, 2.75) is 24.7 Å². The second kappa shape index (κ2) is 9.43. The van der Waals surface area contributed by atoms with Gasteiger partial charge in [-0.1, -0.05) is 37.3 Å². The number of rotatable bonds is 8. The third-order valence-electron chi connectivity index (χ3n) is 5.13. The van der Waals surface area contributed by atoms with Gasteiger partial charge in [-0.3, -0.25) is 0 Å². The molecule has 8 nitrogen and oxygen atoms in total. The van der Waals surface area contributed by atoms with Crippen molar-refractivity contribution >= 4 is 16.0 Å². The number of benzene rings is 2. The Morgan fingerprint density at radius 1 is 1.03 bits per heavy atom. The second-order valence-electron chi connectivity index (χ2n) is 7.61. The van der Waals surface area contributed by atoms with Crippen LogP contribution in [0.1, 0.15) is 19.2 Å². The molecular weight excluding hydrogens is 442 g/mol. The molecule has 4 aromatic rings. The molecule has 33 heavy (non-hydrogen) atoms. The molecule has 0 spiro atoms. The van der Waals surface area contributed by atoms with Crippen LogP contribution < -0.4 is 9.98 Å². The molecule has 0 unspecified atom stereocenters. The van der Waals surface area contributed by atoms with Crippen molar-refractivity contribution in [2.24, 2.45) is 11.1 Å². The number of primary sulfonamides is 1. The number of carbonyl (C=O) groups is 1. The highest BCUT2D eigenvalue weighted by molar-refractivity contribution is 7.89. The van der Waals surface area contributed by atoms with Gasteiger partial charge in [0, 0.05) is 29.9 Å². The smallest absolute Gasteiger partial charge is 0.335 e. The Morgan fingerprint density at radius 3 is 2.33 bits per heavy atom. The summed E-state index contributed by atoms with van der Waals surface area (Å²) in [7, 11) is -3.80. The van der Waals surface area contributed by atoms with Gasteiger partial charge in [0.05, 0.1) is 10.8 Å². The van der Waals surface area contributed by atoms with Crippen molar-refractivity contribution in [3.63, 3.8) is 0 Å². The van der Waals surface area contributed by atoms with Gasteiger partial charge in [0.15, 0.2) is 11.7 Å². The molecule has 2 heterocycles. The van der Waals surface area contributed by atoms with E-state index in [9.17, 15) is 13.2 Å². The molecule has 0 aliphatic rings. The third kappa shape index (κ3) is 5.39. The summed E-state index contributed by atoms with van der Waals surface area (Å²) in [6, 6.07) is 19.2. The number of carbonyl (C=O) groups excluding carboxylic acids is 1. The number of nitrogens with two attached hydrogens (primary N) is 1. The first-order valence-electron chi connectivity index (χ1n) is 10.3. The van der Waals surface area contributed by atoms with Crippen LogP contribution in [0.25, 0.3) is 22.6 Å². The van der Waals surface area contributed by atoms with Crippen LogP contribution in [0, 0.1) is 5.92 Å². The lowest BCUT2D eigenvalue weighted by molar-refractivity contribution is -0.148. The molecule has 0 amide bonds. The van der Waals surface area contributed by atoms with Crippen molar-refractivity contribution in [3.05, 3.63) is 85.0 Å². The highest BCUT2D eigenvalue weighted by atomic mass is 32.2. The van der Waals surface area contributed by atoms with E-state index in [0.29, 0.717) is 35.7 Å². The highest BCUT2D eigenvalue weighted by Crippen LogP contribution is 2.33. The Hall–Kier alpha value is -3.69. The molecule has 0 bridgehead atoms. The number of nitrogens with zero attached hydrogens (tertiary/aromatic N) is 2. The van der Waals surface area contributed by atoms with Crippen LogP contribution in [-0.4, -0.2) is 24.1 Å². The van der Waals surface area contributed by atoms with E-state index in [4.69, 9.17) is 14.4 Å². The molecule has 1 atom stereocenters. The molecule has 0 aliphatic heterocycles. The van der Waals surface area contributed by atoms with Crippen molar-refractivity contribution < 1.29 is 22.5 Å². The maximum absolute atomic E-state index is 12.3. The van der Waals surface area contributed by atoms with Crippen molar-refractivity contribution in [2.75, 3.05) is 0 Å². The molecule has 9 heteroatoms. The maximum Gasteiger partial charge on any atom is 0.335 e. The van der Waals surface area contributed by atoms with Gasteiger partial charge in [-0.25, -0.2) is 23.3 Å². The minimum Gasteiger partial charge on any atom is -0.440 e. The van der Waals surface area contributed by atoms with E-state index in [0.717, 1.165) is 5.56 Å². The molecule has 0 aliphatic carbocycles. The van der Waals surface area contributed by atoms with Crippen LogP contribution in [0.2, 0.25) is 0 Å². The predicted molar refractivity (Wildman–Crippen MR) is 122 cm³/mol. The standard InChI is InChI=1S/C24H23N3O5S/c1-17(24(28)32-27-15-5-6-16-27)9-14-21-26-22(18-7-3-2-4-8-18)23(31-21)19-10-12-20(13-11-19)33(25,29)30/h2-8,10-13,15-17H,9,14H2,1H3,(H2,25,29,30)/t17-/m0/s1. The number of hydrogen-bond acceptors (Lipinski definition) is 6. The van der Waals surface area contributed by atoms with E-state index in [-0.39, 0.29) is 16.8 Å². The lowest BCUT2D eigenvalue weighted by atomic mass is 10.1. The van der Waals surface area contributed by atoms with Gasteiger partial charge in [0.25, 0.3) is 0 Å². The minimum atomic E-state index is -3.80. The average molecular weight is 466 g/mol. The number of hydrogen-bond donors (Lipinski definition) is 1. The zero-order valence-electron chi connectivity index (χ0n) is 17.9. The number of oxazole rings is 1. The van der Waals surface area contributed by atoms with Crippen LogP contribution in [0.15, 0.2) is 88.4 Å².